The number of rotatable bonds is 5. The number of H-pyrrole nitrogens is 1. The van der Waals surface area contributed by atoms with Crippen LogP contribution in [0.4, 0.5) is 11.8 Å². The van der Waals surface area contributed by atoms with Gasteiger partial charge in [-0.25, -0.2) is 0 Å². The number of aromatic nitrogens is 2. The summed E-state index contributed by atoms with van der Waals surface area (Å²) in [5.41, 5.74) is 1.26. The van der Waals surface area contributed by atoms with Crippen molar-refractivity contribution in [2.24, 2.45) is 5.92 Å². The Morgan fingerprint density at radius 1 is 1.14 bits per heavy atom. The highest BCUT2D eigenvalue weighted by Gasteiger charge is 2.36. The van der Waals surface area contributed by atoms with Crippen molar-refractivity contribution in [2.75, 3.05) is 36.0 Å². The van der Waals surface area contributed by atoms with E-state index in [1.165, 1.54) is 18.4 Å². The Labute approximate surface area is 165 Å². The second-order valence-electron chi connectivity index (χ2n) is 8.30. The molecule has 2 aliphatic heterocycles. The summed E-state index contributed by atoms with van der Waals surface area (Å²) in [6.07, 6.45) is 6.06. The summed E-state index contributed by atoms with van der Waals surface area (Å²) in [5.74, 6) is 2.20. The Balaban J connectivity index is 1.36. The van der Waals surface area contributed by atoms with Crippen LogP contribution >= 0.6 is 0 Å². The van der Waals surface area contributed by atoms with E-state index in [4.69, 9.17) is 9.72 Å². The van der Waals surface area contributed by atoms with Gasteiger partial charge in [0.15, 0.2) is 0 Å². The first kappa shape index (κ1) is 17.7. The summed E-state index contributed by atoms with van der Waals surface area (Å²) < 4.78 is 5.93. The number of aromatic amines is 1. The van der Waals surface area contributed by atoms with Crippen LogP contribution in [0.2, 0.25) is 0 Å². The van der Waals surface area contributed by atoms with Gasteiger partial charge < -0.3 is 14.5 Å². The third-order valence-electron chi connectivity index (χ3n) is 6.24. The summed E-state index contributed by atoms with van der Waals surface area (Å²) in [5, 5.41) is 0. The fourth-order valence-corrected chi connectivity index (χ4v) is 4.58. The normalized spacial score (nSPS) is 25.3. The summed E-state index contributed by atoms with van der Waals surface area (Å²) >= 11 is 0. The molecule has 3 fully saturated rings. The Morgan fingerprint density at radius 3 is 2.82 bits per heavy atom. The topological polar surface area (TPSA) is 61.5 Å². The number of anilines is 2. The summed E-state index contributed by atoms with van der Waals surface area (Å²) in [6, 6.07) is 12.6. The molecule has 28 heavy (non-hydrogen) atoms. The van der Waals surface area contributed by atoms with Crippen molar-refractivity contribution < 1.29 is 4.74 Å². The molecule has 1 N–H and O–H groups in total. The van der Waals surface area contributed by atoms with Gasteiger partial charge in [-0.2, -0.15) is 4.98 Å². The van der Waals surface area contributed by atoms with Gasteiger partial charge in [-0.05, 0) is 43.6 Å². The van der Waals surface area contributed by atoms with E-state index in [1.54, 1.807) is 6.07 Å². The third kappa shape index (κ3) is 3.78. The van der Waals surface area contributed by atoms with Crippen molar-refractivity contribution >= 4 is 11.8 Å². The average molecular weight is 380 g/mol. The Hall–Kier alpha value is -2.34. The quantitative estimate of drug-likeness (QED) is 0.864. The smallest absolute Gasteiger partial charge is 0.254 e. The number of benzene rings is 1. The van der Waals surface area contributed by atoms with E-state index in [0.29, 0.717) is 18.6 Å². The molecule has 0 radical (unpaired) electrons. The lowest BCUT2D eigenvalue weighted by Gasteiger charge is -2.34. The predicted molar refractivity (Wildman–Crippen MR) is 110 cm³/mol. The largest absolute Gasteiger partial charge is 0.374 e. The van der Waals surface area contributed by atoms with Gasteiger partial charge in [0, 0.05) is 31.7 Å². The average Bonchev–Trinajstić information content (AvgIpc) is 3.48. The number of nitrogens with one attached hydrogen (secondary N) is 1. The maximum absolute atomic E-state index is 12.4. The third-order valence-corrected chi connectivity index (χ3v) is 6.24. The second-order valence-corrected chi connectivity index (χ2v) is 8.30. The molecule has 1 aliphatic carbocycles. The lowest BCUT2D eigenvalue weighted by Crippen LogP contribution is -2.44. The zero-order valence-electron chi connectivity index (χ0n) is 16.2. The molecule has 0 bridgehead atoms. The first-order chi connectivity index (χ1) is 13.8. The zero-order valence-corrected chi connectivity index (χ0v) is 16.2. The number of ether oxygens (including phenoxy) is 1. The van der Waals surface area contributed by atoms with Gasteiger partial charge in [0.1, 0.15) is 5.82 Å². The van der Waals surface area contributed by atoms with Crippen molar-refractivity contribution in [3.8, 4) is 0 Å². The number of morpholine rings is 1. The SMILES string of the molecule is O=c1cc(N2CCOC(C3CC3)C2)nc(N2CCCC2Cc2ccccc2)[nH]1. The van der Waals surface area contributed by atoms with E-state index >= 15 is 0 Å². The molecule has 5 rings (SSSR count). The Morgan fingerprint density at radius 2 is 2.00 bits per heavy atom. The molecule has 0 spiro atoms. The van der Waals surface area contributed by atoms with E-state index in [0.717, 1.165) is 50.7 Å². The first-order valence-electron chi connectivity index (χ1n) is 10.5. The Bertz CT molecular complexity index is 864. The van der Waals surface area contributed by atoms with Gasteiger partial charge in [-0.3, -0.25) is 9.78 Å². The maximum atomic E-state index is 12.4. The van der Waals surface area contributed by atoms with E-state index in [-0.39, 0.29) is 11.7 Å². The molecule has 1 aromatic heterocycles. The van der Waals surface area contributed by atoms with Crippen LogP contribution in [0.1, 0.15) is 31.2 Å². The van der Waals surface area contributed by atoms with Gasteiger partial charge in [0.05, 0.1) is 12.7 Å². The van der Waals surface area contributed by atoms with E-state index < -0.39 is 0 Å². The highest BCUT2D eigenvalue weighted by atomic mass is 16.5. The molecule has 2 unspecified atom stereocenters. The van der Waals surface area contributed by atoms with Crippen LogP contribution in [-0.2, 0) is 11.2 Å². The van der Waals surface area contributed by atoms with Gasteiger partial charge >= 0.3 is 0 Å². The minimum Gasteiger partial charge on any atom is -0.374 e. The fraction of sp³-hybridized carbons (Fsp3) is 0.545. The van der Waals surface area contributed by atoms with Crippen molar-refractivity contribution in [1.82, 2.24) is 9.97 Å². The van der Waals surface area contributed by atoms with Crippen molar-refractivity contribution in [2.45, 2.75) is 44.2 Å². The van der Waals surface area contributed by atoms with Crippen molar-refractivity contribution in [3.63, 3.8) is 0 Å². The van der Waals surface area contributed by atoms with Crippen LogP contribution in [0.3, 0.4) is 0 Å². The van der Waals surface area contributed by atoms with Gasteiger partial charge in [0.2, 0.25) is 5.95 Å². The van der Waals surface area contributed by atoms with Crippen LogP contribution in [-0.4, -0.2) is 48.4 Å². The molecule has 0 amide bonds. The lowest BCUT2D eigenvalue weighted by atomic mass is 10.0. The van der Waals surface area contributed by atoms with E-state index in [1.807, 2.05) is 0 Å². The molecule has 3 aliphatic rings. The molecular formula is C22H28N4O2. The molecule has 1 aromatic carbocycles. The monoisotopic (exact) mass is 380 g/mol. The predicted octanol–water partition coefficient (Wildman–Crippen LogP) is 2.60. The molecule has 2 saturated heterocycles. The van der Waals surface area contributed by atoms with E-state index in [2.05, 4.69) is 45.1 Å². The molecule has 3 heterocycles. The van der Waals surface area contributed by atoms with Gasteiger partial charge in [-0.1, -0.05) is 30.3 Å². The standard InChI is InChI=1S/C22H28N4O2/c27-21-14-20(25-11-12-28-19(15-25)17-8-9-17)23-22(24-21)26-10-4-7-18(26)13-16-5-2-1-3-6-16/h1-3,5-6,14,17-19H,4,7-13,15H2,(H,23,24,27). The molecule has 2 atom stereocenters. The second kappa shape index (κ2) is 7.59. The first-order valence-corrected chi connectivity index (χ1v) is 10.5. The highest BCUT2D eigenvalue weighted by Crippen LogP contribution is 2.36. The van der Waals surface area contributed by atoms with Crippen molar-refractivity contribution in [1.29, 1.82) is 0 Å². The number of hydrogen-bond acceptors (Lipinski definition) is 5. The molecule has 1 saturated carbocycles. The molecule has 6 heteroatoms. The van der Waals surface area contributed by atoms with Gasteiger partial charge in [-0.15, -0.1) is 0 Å². The van der Waals surface area contributed by atoms with Crippen LogP contribution in [0.5, 0.6) is 0 Å². The minimum absolute atomic E-state index is 0.0696. The lowest BCUT2D eigenvalue weighted by molar-refractivity contribution is 0.0261. The number of nitrogens with zero attached hydrogens (tertiary/aromatic N) is 3. The Kier molecular flexibility index (Phi) is 4.81. The number of hydrogen-bond donors (Lipinski definition) is 1. The van der Waals surface area contributed by atoms with Crippen LogP contribution in [0.15, 0.2) is 41.2 Å². The molecule has 6 nitrogen and oxygen atoms in total. The highest BCUT2D eigenvalue weighted by molar-refractivity contribution is 5.45. The van der Waals surface area contributed by atoms with Gasteiger partial charge in [0.25, 0.3) is 5.56 Å². The van der Waals surface area contributed by atoms with Crippen LogP contribution < -0.4 is 15.4 Å². The molecule has 148 valence electrons. The van der Waals surface area contributed by atoms with Crippen LogP contribution in [0.25, 0.3) is 0 Å². The summed E-state index contributed by atoms with van der Waals surface area (Å²) in [4.78, 5) is 24.8. The maximum Gasteiger partial charge on any atom is 0.254 e. The molecule has 2 aromatic rings. The molecular weight excluding hydrogens is 352 g/mol. The zero-order chi connectivity index (χ0) is 18.9. The van der Waals surface area contributed by atoms with E-state index in [9.17, 15) is 4.79 Å². The summed E-state index contributed by atoms with van der Waals surface area (Å²) in [6.45, 7) is 3.30. The fourth-order valence-electron chi connectivity index (χ4n) is 4.58. The van der Waals surface area contributed by atoms with Crippen molar-refractivity contribution in [3.05, 3.63) is 52.3 Å². The summed E-state index contributed by atoms with van der Waals surface area (Å²) in [7, 11) is 0. The minimum atomic E-state index is -0.0696. The van der Waals surface area contributed by atoms with Crippen LogP contribution in [0, 0.1) is 5.92 Å².